The van der Waals surface area contributed by atoms with Gasteiger partial charge in [0.05, 0.1) is 23.3 Å². The zero-order chi connectivity index (χ0) is 35.9. The predicted molar refractivity (Wildman–Crippen MR) is 175 cm³/mol. The van der Waals surface area contributed by atoms with Crippen molar-refractivity contribution in [3.05, 3.63) is 81.8 Å². The van der Waals surface area contributed by atoms with E-state index in [1.807, 2.05) is 13.8 Å². The van der Waals surface area contributed by atoms with E-state index in [0.29, 0.717) is 36.9 Å². The number of halogens is 1. The first-order chi connectivity index (χ1) is 23.3. The van der Waals surface area contributed by atoms with Crippen LogP contribution < -0.4 is 15.6 Å². The lowest BCUT2D eigenvalue weighted by atomic mass is 9.74. The third-order valence-electron chi connectivity index (χ3n) is 8.85. The summed E-state index contributed by atoms with van der Waals surface area (Å²) in [5.74, 6) is -2.54. The number of hydrogen-bond acceptors (Lipinski definition) is 10. The number of ether oxygens (including phenoxy) is 3. The maximum atomic E-state index is 14.4. The van der Waals surface area contributed by atoms with Crippen LogP contribution in [0.3, 0.4) is 0 Å². The molecular formula is C35H42FN5O8. The van der Waals surface area contributed by atoms with E-state index in [1.165, 1.54) is 50.4 Å². The first-order valence-electron chi connectivity index (χ1n) is 16.3. The number of rotatable bonds is 13. The van der Waals surface area contributed by atoms with Crippen LogP contribution in [0.15, 0.2) is 53.5 Å². The first-order valence-corrected chi connectivity index (χ1v) is 16.3. The lowest BCUT2D eigenvalue weighted by molar-refractivity contribution is -0.195. The van der Waals surface area contributed by atoms with Gasteiger partial charge in [0.1, 0.15) is 23.3 Å². The maximum absolute atomic E-state index is 14.4. The molecule has 1 fully saturated rings. The van der Waals surface area contributed by atoms with E-state index in [0.717, 1.165) is 0 Å². The number of amides is 2. The summed E-state index contributed by atoms with van der Waals surface area (Å²) in [5.41, 5.74) is -0.650. The van der Waals surface area contributed by atoms with Crippen LogP contribution in [-0.4, -0.2) is 62.2 Å². The lowest BCUT2D eigenvalue weighted by Crippen LogP contribution is -2.56. The van der Waals surface area contributed by atoms with E-state index in [-0.39, 0.29) is 23.6 Å². The molecule has 2 amide bonds. The number of carbonyl (C=O) groups is 4. The molecule has 2 N–H and O–H groups in total. The molecule has 13 nitrogen and oxygen atoms in total. The van der Waals surface area contributed by atoms with Gasteiger partial charge in [0.2, 0.25) is 12.2 Å². The number of nitrogens with one attached hydrogen (secondary N) is 2. The van der Waals surface area contributed by atoms with Crippen molar-refractivity contribution in [1.29, 1.82) is 0 Å². The second-order valence-corrected chi connectivity index (χ2v) is 12.0. The highest BCUT2D eigenvalue weighted by Crippen LogP contribution is 2.48. The van der Waals surface area contributed by atoms with Crippen molar-refractivity contribution in [2.75, 3.05) is 0 Å². The molecular weight excluding hydrogens is 637 g/mol. The number of carbonyl (C=O) groups excluding carboxylic acids is 4. The summed E-state index contributed by atoms with van der Waals surface area (Å²) in [5, 5.41) is 8.82. The highest BCUT2D eigenvalue weighted by atomic mass is 19.1. The summed E-state index contributed by atoms with van der Waals surface area (Å²) in [4.78, 5) is 71.0. The molecule has 1 aliphatic rings. The molecule has 1 unspecified atom stereocenters. The van der Waals surface area contributed by atoms with Crippen molar-refractivity contribution < 1.29 is 37.8 Å². The lowest BCUT2D eigenvalue weighted by Gasteiger charge is -2.43. The van der Waals surface area contributed by atoms with E-state index in [2.05, 4.69) is 20.5 Å². The fourth-order valence-electron chi connectivity index (χ4n) is 6.22. The summed E-state index contributed by atoms with van der Waals surface area (Å²) in [6.45, 7) is 9.94. The number of esters is 2. The number of aromatic amines is 1. The smallest absolute Gasteiger partial charge is 0.317 e. The monoisotopic (exact) mass is 679 g/mol. The molecule has 49 heavy (non-hydrogen) atoms. The zero-order valence-electron chi connectivity index (χ0n) is 28.4. The van der Waals surface area contributed by atoms with Crippen LogP contribution in [0, 0.1) is 18.2 Å². The molecule has 0 spiro atoms. The molecule has 1 saturated heterocycles. The van der Waals surface area contributed by atoms with E-state index in [1.54, 1.807) is 30.9 Å². The molecule has 262 valence electrons. The highest BCUT2D eigenvalue weighted by Gasteiger charge is 2.54. The number of H-pyrrole nitrogens is 1. The Morgan fingerprint density at radius 3 is 2.43 bits per heavy atom. The third-order valence-corrected chi connectivity index (χ3v) is 8.85. The number of hydrogen-bond donors (Lipinski definition) is 2. The van der Waals surface area contributed by atoms with Crippen molar-refractivity contribution in [2.45, 2.75) is 98.1 Å². The van der Waals surface area contributed by atoms with Gasteiger partial charge in [-0.25, -0.2) is 14.5 Å². The summed E-state index contributed by atoms with van der Waals surface area (Å²) >= 11 is 0. The minimum atomic E-state index is -1.19. The molecule has 3 heterocycles. The van der Waals surface area contributed by atoms with Crippen LogP contribution in [0.4, 0.5) is 4.39 Å². The summed E-state index contributed by atoms with van der Waals surface area (Å²) < 4.78 is 30.8. The number of pyridine rings is 1. The van der Waals surface area contributed by atoms with Crippen molar-refractivity contribution in [1.82, 2.24) is 25.4 Å². The second-order valence-electron chi connectivity index (χ2n) is 12.0. The van der Waals surface area contributed by atoms with Crippen LogP contribution >= 0.6 is 0 Å². The van der Waals surface area contributed by atoms with E-state index >= 15 is 0 Å². The van der Waals surface area contributed by atoms with Gasteiger partial charge in [-0.3, -0.25) is 24.0 Å². The van der Waals surface area contributed by atoms with Gasteiger partial charge in [-0.1, -0.05) is 32.9 Å². The standard InChI is InChI=1S/C35H42FN5O8/c1-7-30(42)47-22(6)48-34(46)35(8-2,9-3)29-16-15-27(23-11-10-12-24(36)18-23)41(29)33(45)21(5)38-31(43)26-14-13-25(19-37-26)49-28-17-20(4)39-40-32(28)44/h10-14,17-19,21-22,27,29H,7-9,15-16H2,1-6H3,(H,38,43)(H,40,44)/t21-,22?,27+,29-/m1/s1. The van der Waals surface area contributed by atoms with Gasteiger partial charge in [-0.05, 0) is 69.4 Å². The van der Waals surface area contributed by atoms with Crippen molar-refractivity contribution >= 4 is 23.8 Å². The van der Waals surface area contributed by atoms with Gasteiger partial charge in [0.25, 0.3) is 5.91 Å². The molecule has 0 radical (unpaired) electrons. The number of nitrogens with zero attached hydrogens (tertiary/aromatic N) is 3. The van der Waals surface area contributed by atoms with Crippen LogP contribution in [-0.2, 0) is 23.9 Å². The Labute approximate surface area is 283 Å². The average Bonchev–Trinajstić information content (AvgIpc) is 3.52. The Bertz CT molecular complexity index is 1730. The SMILES string of the molecule is CCC(=O)OC(C)OC(=O)C(CC)(CC)[C@H]1CC[C@@H](c2cccc(F)c2)N1C(=O)[C@@H](C)NC(=O)c1ccc(Oc2cc(C)n[nH]c2=O)cn1. The number of benzene rings is 1. The maximum Gasteiger partial charge on any atom is 0.317 e. The van der Waals surface area contributed by atoms with Gasteiger partial charge >= 0.3 is 17.5 Å². The van der Waals surface area contributed by atoms with Crippen molar-refractivity contribution in [3.8, 4) is 11.5 Å². The Morgan fingerprint density at radius 1 is 1.06 bits per heavy atom. The first kappa shape index (κ1) is 36.7. The van der Waals surface area contributed by atoms with Crippen LogP contribution in [0.5, 0.6) is 11.5 Å². The highest BCUT2D eigenvalue weighted by molar-refractivity contribution is 5.96. The molecule has 14 heteroatoms. The summed E-state index contributed by atoms with van der Waals surface area (Å²) in [7, 11) is 0. The number of aromatic nitrogens is 3. The van der Waals surface area contributed by atoms with Crippen molar-refractivity contribution in [3.63, 3.8) is 0 Å². The van der Waals surface area contributed by atoms with E-state index < -0.39 is 65.0 Å². The molecule has 4 atom stereocenters. The fraction of sp³-hybridized carbons (Fsp3) is 0.457. The fourth-order valence-corrected chi connectivity index (χ4v) is 6.22. The topological polar surface area (TPSA) is 170 Å². The largest absolute Gasteiger partial charge is 0.450 e. The molecule has 1 aromatic carbocycles. The third kappa shape index (κ3) is 8.30. The summed E-state index contributed by atoms with van der Waals surface area (Å²) in [6, 6.07) is 7.90. The molecule has 0 saturated carbocycles. The van der Waals surface area contributed by atoms with E-state index in [4.69, 9.17) is 14.2 Å². The summed E-state index contributed by atoms with van der Waals surface area (Å²) in [6.07, 6.45) is 1.66. The molecule has 3 aromatic rings. The van der Waals surface area contributed by atoms with Gasteiger partial charge in [0.15, 0.2) is 5.75 Å². The normalized spacial score (nSPS) is 17.2. The average molecular weight is 680 g/mol. The van der Waals surface area contributed by atoms with Gasteiger partial charge in [-0.2, -0.15) is 5.10 Å². The molecule has 0 aliphatic carbocycles. The minimum absolute atomic E-state index is 0.00860. The van der Waals surface area contributed by atoms with E-state index in [9.17, 15) is 28.4 Å². The van der Waals surface area contributed by atoms with Gasteiger partial charge in [0, 0.05) is 25.5 Å². The zero-order valence-corrected chi connectivity index (χ0v) is 28.4. The van der Waals surface area contributed by atoms with Crippen LogP contribution in [0.2, 0.25) is 0 Å². The Balaban J connectivity index is 1.58. The van der Waals surface area contributed by atoms with Crippen LogP contribution in [0.1, 0.15) is 94.5 Å². The quantitative estimate of drug-likeness (QED) is 0.187. The second kappa shape index (κ2) is 15.8. The van der Waals surface area contributed by atoms with Gasteiger partial charge < -0.3 is 24.4 Å². The predicted octanol–water partition coefficient (Wildman–Crippen LogP) is 4.90. The Kier molecular flexibility index (Phi) is 11.9. The molecule has 2 aromatic heterocycles. The van der Waals surface area contributed by atoms with Gasteiger partial charge in [-0.15, -0.1) is 0 Å². The Hall–Kier alpha value is -5.14. The number of likely N-dealkylation sites (tertiary alicyclic amines) is 1. The molecule has 0 bridgehead atoms. The Morgan fingerprint density at radius 2 is 1.80 bits per heavy atom. The number of aryl methyl sites for hydroxylation is 1. The van der Waals surface area contributed by atoms with Crippen LogP contribution in [0.25, 0.3) is 0 Å². The minimum Gasteiger partial charge on any atom is -0.450 e. The molecule has 4 rings (SSSR count). The van der Waals surface area contributed by atoms with Crippen molar-refractivity contribution in [2.24, 2.45) is 5.41 Å². The molecule has 1 aliphatic heterocycles.